The molecule has 0 aliphatic carbocycles. The van der Waals surface area contributed by atoms with Crippen LogP contribution in [-0.2, 0) is 12.4 Å². The lowest BCUT2D eigenvalue weighted by Gasteiger charge is -2.33. The lowest BCUT2D eigenvalue weighted by Crippen LogP contribution is -2.45. The van der Waals surface area contributed by atoms with Gasteiger partial charge >= 0.3 is 12.4 Å². The normalized spacial score (nSPS) is 17.1. The number of anilines is 2. The van der Waals surface area contributed by atoms with E-state index in [0.717, 1.165) is 30.9 Å². The van der Waals surface area contributed by atoms with Crippen molar-refractivity contribution in [2.75, 3.05) is 23.8 Å². The average Bonchev–Trinajstić information content (AvgIpc) is 3.09. The van der Waals surface area contributed by atoms with E-state index in [2.05, 4.69) is 10.6 Å². The fourth-order valence-electron chi connectivity index (χ4n) is 4.18. The number of alkyl halides is 6. The Bertz CT molecular complexity index is 943. The Hall–Kier alpha value is -2.13. The molecule has 2 atom stereocenters. The second kappa shape index (κ2) is 10.0. The van der Waals surface area contributed by atoms with Gasteiger partial charge in [-0.1, -0.05) is 49.9 Å². The molecule has 0 amide bonds. The van der Waals surface area contributed by atoms with E-state index >= 15 is 0 Å². The number of nitrogens with one attached hydrogen (secondary N) is 2. The molecule has 0 bridgehead atoms. The van der Waals surface area contributed by atoms with Crippen LogP contribution in [0.1, 0.15) is 55.3 Å². The molecule has 3 nitrogen and oxygen atoms in total. The molecule has 1 aliphatic heterocycles. The maximum Gasteiger partial charge on any atom is 0.418 e. The molecule has 0 aromatic heterocycles. The van der Waals surface area contributed by atoms with Gasteiger partial charge in [0.15, 0.2) is 0 Å². The van der Waals surface area contributed by atoms with E-state index in [-0.39, 0.29) is 17.4 Å². The zero-order valence-electron chi connectivity index (χ0n) is 18.2. The van der Waals surface area contributed by atoms with Crippen molar-refractivity contribution in [1.29, 1.82) is 0 Å². The maximum atomic E-state index is 13.8. The van der Waals surface area contributed by atoms with E-state index in [4.69, 9.17) is 11.6 Å². The first kappa shape index (κ1) is 25.5. The second-order valence-corrected chi connectivity index (χ2v) is 8.51. The fourth-order valence-corrected chi connectivity index (χ4v) is 4.30. The summed E-state index contributed by atoms with van der Waals surface area (Å²) in [6.45, 7) is 2.34. The summed E-state index contributed by atoms with van der Waals surface area (Å²) < 4.78 is 81.9. The summed E-state index contributed by atoms with van der Waals surface area (Å²) in [7, 11) is 1.66. The summed E-state index contributed by atoms with van der Waals surface area (Å²) in [5, 5.41) is 6.49. The SMILES string of the molecule is CCCCCCN1c2cc(C(F)(F)F)cc(C(F)(F)F)c2NC1C(NC)c1ccc(Cl)cc1. The number of rotatable bonds is 8. The van der Waals surface area contributed by atoms with Crippen LogP contribution < -0.4 is 15.5 Å². The molecule has 0 radical (unpaired) electrons. The highest BCUT2D eigenvalue weighted by Gasteiger charge is 2.45. The molecule has 182 valence electrons. The summed E-state index contributed by atoms with van der Waals surface area (Å²) in [4.78, 5) is 1.62. The smallest absolute Gasteiger partial charge is 0.361 e. The van der Waals surface area contributed by atoms with Crippen molar-refractivity contribution in [3.63, 3.8) is 0 Å². The van der Waals surface area contributed by atoms with E-state index < -0.39 is 35.7 Å². The Labute approximate surface area is 194 Å². The summed E-state index contributed by atoms with van der Waals surface area (Å²) in [6.07, 6.45) is -7.22. The molecular formula is C23H26ClF6N3. The molecule has 2 aromatic carbocycles. The predicted octanol–water partition coefficient (Wildman–Crippen LogP) is 7.48. The predicted molar refractivity (Wildman–Crippen MR) is 119 cm³/mol. The first-order chi connectivity index (χ1) is 15.5. The van der Waals surface area contributed by atoms with Crippen LogP contribution in [0.25, 0.3) is 0 Å². The van der Waals surface area contributed by atoms with Gasteiger partial charge in [-0.2, -0.15) is 26.3 Å². The number of unbranched alkanes of at least 4 members (excludes halogenated alkanes) is 3. The van der Waals surface area contributed by atoms with Crippen LogP contribution in [0, 0.1) is 0 Å². The molecule has 0 saturated heterocycles. The van der Waals surface area contributed by atoms with Gasteiger partial charge in [0, 0.05) is 11.6 Å². The van der Waals surface area contributed by atoms with Gasteiger partial charge in [0.05, 0.1) is 28.5 Å². The Morgan fingerprint density at radius 2 is 1.67 bits per heavy atom. The molecule has 0 fully saturated rings. The standard InChI is InChI=1S/C23H26ClF6N3/c1-3-4-5-6-11-33-18-13-15(22(25,26)27)12-17(23(28,29)30)20(18)32-21(33)19(31-2)14-7-9-16(24)10-8-14/h7-10,12-13,19,21,31-32H,3-6,11H2,1-2H3. The Morgan fingerprint density at radius 1 is 1.00 bits per heavy atom. The monoisotopic (exact) mass is 493 g/mol. The number of nitrogens with zero attached hydrogens (tertiary/aromatic N) is 1. The summed E-state index contributed by atoms with van der Waals surface area (Å²) in [5.41, 5.74) is -2.31. The van der Waals surface area contributed by atoms with Crippen LogP contribution in [-0.4, -0.2) is 19.8 Å². The molecule has 2 N–H and O–H groups in total. The van der Waals surface area contributed by atoms with Gasteiger partial charge in [-0.05, 0) is 43.3 Å². The second-order valence-electron chi connectivity index (χ2n) is 8.07. The van der Waals surface area contributed by atoms with E-state index in [1.165, 1.54) is 0 Å². The first-order valence-corrected chi connectivity index (χ1v) is 11.1. The van der Waals surface area contributed by atoms with Crippen molar-refractivity contribution in [2.24, 2.45) is 0 Å². The zero-order chi connectivity index (χ0) is 24.4. The van der Waals surface area contributed by atoms with Crippen LogP contribution >= 0.6 is 11.6 Å². The topological polar surface area (TPSA) is 27.3 Å². The highest BCUT2D eigenvalue weighted by Crippen LogP contribution is 2.49. The van der Waals surface area contributed by atoms with Crippen molar-refractivity contribution < 1.29 is 26.3 Å². The minimum absolute atomic E-state index is 0.0899. The highest BCUT2D eigenvalue weighted by molar-refractivity contribution is 6.30. The third-order valence-corrected chi connectivity index (χ3v) is 6.05. The third kappa shape index (κ3) is 5.69. The Balaban J connectivity index is 2.10. The summed E-state index contributed by atoms with van der Waals surface area (Å²) in [6, 6.07) is 7.31. The van der Waals surface area contributed by atoms with E-state index in [1.807, 2.05) is 6.92 Å². The van der Waals surface area contributed by atoms with Crippen LogP contribution in [0.3, 0.4) is 0 Å². The number of hydrogen-bond acceptors (Lipinski definition) is 3. The summed E-state index contributed by atoms with van der Waals surface area (Å²) in [5.74, 6) is 0. The van der Waals surface area contributed by atoms with Crippen LogP contribution in [0.2, 0.25) is 5.02 Å². The van der Waals surface area contributed by atoms with Crippen molar-refractivity contribution >= 4 is 23.0 Å². The third-order valence-electron chi connectivity index (χ3n) is 5.80. The van der Waals surface area contributed by atoms with Gasteiger partial charge in [-0.25, -0.2) is 0 Å². The first-order valence-electron chi connectivity index (χ1n) is 10.8. The largest absolute Gasteiger partial charge is 0.418 e. The van der Waals surface area contributed by atoms with E-state index in [0.29, 0.717) is 18.0 Å². The van der Waals surface area contributed by atoms with Gasteiger partial charge in [-0.15, -0.1) is 0 Å². The molecular weight excluding hydrogens is 468 g/mol. The molecule has 1 aliphatic rings. The molecule has 3 rings (SSSR count). The zero-order valence-corrected chi connectivity index (χ0v) is 19.0. The van der Waals surface area contributed by atoms with Gasteiger partial charge in [-0.3, -0.25) is 0 Å². The van der Waals surface area contributed by atoms with Crippen molar-refractivity contribution in [2.45, 2.75) is 57.2 Å². The highest BCUT2D eigenvalue weighted by atomic mass is 35.5. The van der Waals surface area contributed by atoms with Crippen molar-refractivity contribution in [3.8, 4) is 0 Å². The number of likely N-dealkylation sites (N-methyl/N-ethyl adjacent to an activating group) is 1. The van der Waals surface area contributed by atoms with Gasteiger partial charge in [0.2, 0.25) is 0 Å². The van der Waals surface area contributed by atoms with Gasteiger partial charge in [0.25, 0.3) is 0 Å². The van der Waals surface area contributed by atoms with Crippen LogP contribution in [0.5, 0.6) is 0 Å². The quantitative estimate of drug-likeness (QED) is 0.295. The summed E-state index contributed by atoms with van der Waals surface area (Å²) >= 11 is 5.97. The van der Waals surface area contributed by atoms with E-state index in [9.17, 15) is 26.3 Å². The minimum atomic E-state index is -4.95. The molecule has 2 aromatic rings. The van der Waals surface area contributed by atoms with Crippen molar-refractivity contribution in [1.82, 2.24) is 5.32 Å². The minimum Gasteiger partial charge on any atom is -0.361 e. The Morgan fingerprint density at radius 3 is 2.21 bits per heavy atom. The Kier molecular flexibility index (Phi) is 7.73. The molecule has 0 saturated carbocycles. The van der Waals surface area contributed by atoms with Gasteiger partial charge < -0.3 is 15.5 Å². The number of fused-ring (bicyclic) bond motifs is 1. The number of halogens is 7. The average molecular weight is 494 g/mol. The van der Waals surface area contributed by atoms with Crippen LogP contribution in [0.4, 0.5) is 37.7 Å². The number of hydrogen-bond donors (Lipinski definition) is 2. The lowest BCUT2D eigenvalue weighted by molar-refractivity contribution is -0.142. The van der Waals surface area contributed by atoms with E-state index in [1.54, 1.807) is 36.2 Å². The van der Waals surface area contributed by atoms with Gasteiger partial charge in [0.1, 0.15) is 6.17 Å². The fraction of sp³-hybridized carbons (Fsp3) is 0.478. The molecule has 33 heavy (non-hydrogen) atoms. The maximum absolute atomic E-state index is 13.8. The molecule has 1 heterocycles. The molecule has 0 spiro atoms. The van der Waals surface area contributed by atoms with Crippen LogP contribution in [0.15, 0.2) is 36.4 Å². The lowest BCUT2D eigenvalue weighted by atomic mass is 10.0. The van der Waals surface area contributed by atoms with Crippen molar-refractivity contribution in [3.05, 3.63) is 58.1 Å². The molecule has 10 heteroatoms. The molecule has 2 unspecified atom stereocenters. The number of benzene rings is 2.